The maximum Gasteiger partial charge on any atom is 0.229 e. The molecular weight excluding hydrogens is 424 g/mol. The van der Waals surface area contributed by atoms with E-state index >= 15 is 0 Å². The molecule has 4 aromatic rings. The minimum atomic E-state index is 0.0292. The van der Waals surface area contributed by atoms with Gasteiger partial charge in [0.05, 0.1) is 28.6 Å². The van der Waals surface area contributed by atoms with Gasteiger partial charge in [-0.2, -0.15) is 5.26 Å². The number of benzene rings is 1. The van der Waals surface area contributed by atoms with Gasteiger partial charge in [0.25, 0.3) is 0 Å². The molecule has 0 spiro atoms. The summed E-state index contributed by atoms with van der Waals surface area (Å²) in [5, 5.41) is 22.9. The van der Waals surface area contributed by atoms with E-state index in [1.54, 1.807) is 24.4 Å². The lowest BCUT2D eigenvalue weighted by Crippen LogP contribution is -2.45. The van der Waals surface area contributed by atoms with E-state index in [0.717, 1.165) is 40.0 Å². The molecule has 8 nitrogen and oxygen atoms in total. The van der Waals surface area contributed by atoms with E-state index in [1.165, 1.54) is 0 Å². The fourth-order valence-electron chi connectivity index (χ4n) is 3.80. The van der Waals surface area contributed by atoms with Crippen molar-refractivity contribution in [1.82, 2.24) is 19.7 Å². The van der Waals surface area contributed by atoms with Gasteiger partial charge in [0, 0.05) is 47.8 Å². The standard InChI is InChI=1S/C23H22N6O2S/c24-11-14-2-1-3-18(8-14)32-29-17-9-16(10-17)27-21-19-4-6-25-22(19)26-12-20(21)23-28-15(5-7-30)13-31-23/h1-4,6,8,12-13,16-17,29-30H,5,7,9-10H2,(H2,25,26,27). The molecule has 0 radical (unpaired) electrons. The number of nitrogens with zero attached hydrogens (tertiary/aromatic N) is 3. The summed E-state index contributed by atoms with van der Waals surface area (Å²) < 4.78 is 9.17. The van der Waals surface area contributed by atoms with E-state index in [4.69, 9.17) is 14.8 Å². The van der Waals surface area contributed by atoms with Gasteiger partial charge in [-0.15, -0.1) is 0 Å². The molecule has 5 rings (SSSR count). The highest BCUT2D eigenvalue weighted by Gasteiger charge is 2.30. The Morgan fingerprint density at radius 3 is 3.03 bits per heavy atom. The van der Waals surface area contributed by atoms with Crippen LogP contribution in [0.1, 0.15) is 24.1 Å². The zero-order chi connectivity index (χ0) is 21.9. The number of aromatic nitrogens is 3. The molecule has 0 bridgehead atoms. The monoisotopic (exact) mass is 446 g/mol. The van der Waals surface area contributed by atoms with Crippen molar-refractivity contribution in [2.45, 2.75) is 36.2 Å². The van der Waals surface area contributed by atoms with Crippen LogP contribution in [-0.4, -0.2) is 38.7 Å². The van der Waals surface area contributed by atoms with E-state index in [9.17, 15) is 0 Å². The van der Waals surface area contributed by atoms with Gasteiger partial charge in [0.1, 0.15) is 11.9 Å². The number of rotatable bonds is 8. The highest BCUT2D eigenvalue weighted by atomic mass is 32.2. The van der Waals surface area contributed by atoms with Gasteiger partial charge in [0.15, 0.2) is 0 Å². The molecule has 3 heterocycles. The summed E-state index contributed by atoms with van der Waals surface area (Å²) in [6, 6.07) is 12.5. The van der Waals surface area contributed by atoms with Crippen LogP contribution in [0, 0.1) is 11.3 Å². The van der Waals surface area contributed by atoms with Crippen molar-refractivity contribution < 1.29 is 9.52 Å². The van der Waals surface area contributed by atoms with Gasteiger partial charge in [-0.25, -0.2) is 9.97 Å². The van der Waals surface area contributed by atoms with Crippen molar-refractivity contribution in [2.24, 2.45) is 0 Å². The number of nitrogens with one attached hydrogen (secondary N) is 3. The van der Waals surface area contributed by atoms with Crippen LogP contribution in [0.2, 0.25) is 0 Å². The fourth-order valence-corrected chi connectivity index (χ4v) is 4.63. The average Bonchev–Trinajstić information content (AvgIpc) is 3.45. The summed E-state index contributed by atoms with van der Waals surface area (Å²) in [6.07, 6.45) is 7.62. The number of aliphatic hydroxyl groups is 1. The maximum atomic E-state index is 9.16. The van der Waals surface area contributed by atoms with Crippen LogP contribution >= 0.6 is 11.9 Å². The largest absolute Gasteiger partial charge is 0.444 e. The van der Waals surface area contributed by atoms with Crippen LogP contribution < -0.4 is 10.0 Å². The normalized spacial score (nSPS) is 17.8. The Balaban J connectivity index is 1.27. The van der Waals surface area contributed by atoms with Gasteiger partial charge in [-0.1, -0.05) is 6.07 Å². The third-order valence-electron chi connectivity index (χ3n) is 5.53. The lowest BCUT2D eigenvalue weighted by molar-refractivity contribution is 0.298. The molecule has 0 atom stereocenters. The first-order valence-electron chi connectivity index (χ1n) is 10.4. The maximum absolute atomic E-state index is 9.16. The van der Waals surface area contributed by atoms with Crippen molar-refractivity contribution in [3.05, 3.63) is 60.2 Å². The number of nitriles is 1. The smallest absolute Gasteiger partial charge is 0.229 e. The molecular formula is C23H22N6O2S. The van der Waals surface area contributed by atoms with E-state index in [0.29, 0.717) is 35.7 Å². The van der Waals surface area contributed by atoms with Crippen LogP contribution in [0.5, 0.6) is 0 Å². The summed E-state index contributed by atoms with van der Waals surface area (Å²) in [7, 11) is 0. The van der Waals surface area contributed by atoms with Crippen molar-refractivity contribution in [1.29, 1.82) is 5.26 Å². The minimum Gasteiger partial charge on any atom is -0.444 e. The lowest BCUT2D eigenvalue weighted by Gasteiger charge is -2.37. The van der Waals surface area contributed by atoms with Gasteiger partial charge in [-0.3, -0.25) is 4.72 Å². The zero-order valence-electron chi connectivity index (χ0n) is 17.2. The Morgan fingerprint density at radius 1 is 1.28 bits per heavy atom. The summed E-state index contributed by atoms with van der Waals surface area (Å²) in [5.41, 5.74) is 3.94. The van der Waals surface area contributed by atoms with E-state index in [1.807, 2.05) is 36.5 Å². The lowest BCUT2D eigenvalue weighted by atomic mass is 9.87. The number of anilines is 1. The molecule has 0 unspecified atom stereocenters. The highest BCUT2D eigenvalue weighted by Crippen LogP contribution is 2.36. The second-order valence-electron chi connectivity index (χ2n) is 7.77. The average molecular weight is 447 g/mol. The Labute approximate surface area is 189 Å². The van der Waals surface area contributed by atoms with Gasteiger partial charge >= 0.3 is 0 Å². The summed E-state index contributed by atoms with van der Waals surface area (Å²) in [6.45, 7) is 0.0292. The summed E-state index contributed by atoms with van der Waals surface area (Å²) in [4.78, 5) is 13.2. The van der Waals surface area contributed by atoms with Crippen LogP contribution in [0.25, 0.3) is 22.5 Å². The Kier molecular flexibility index (Phi) is 5.81. The molecule has 1 aliphatic carbocycles. The molecule has 1 saturated carbocycles. The molecule has 9 heteroatoms. The highest BCUT2D eigenvalue weighted by molar-refractivity contribution is 7.97. The van der Waals surface area contributed by atoms with Gasteiger partial charge < -0.3 is 19.8 Å². The second-order valence-corrected chi connectivity index (χ2v) is 8.68. The fraction of sp³-hybridized carbons (Fsp3) is 0.261. The summed E-state index contributed by atoms with van der Waals surface area (Å²) >= 11 is 1.56. The molecule has 1 fully saturated rings. The molecule has 4 N–H and O–H groups in total. The number of oxazole rings is 1. The molecule has 0 amide bonds. The molecule has 1 aliphatic rings. The van der Waals surface area contributed by atoms with Crippen LogP contribution in [-0.2, 0) is 6.42 Å². The summed E-state index contributed by atoms with van der Waals surface area (Å²) in [5.74, 6) is 0.494. The van der Waals surface area contributed by atoms with Crippen molar-refractivity contribution >= 4 is 28.7 Å². The minimum absolute atomic E-state index is 0.0292. The van der Waals surface area contributed by atoms with Gasteiger partial charge in [0.2, 0.25) is 5.89 Å². The molecule has 3 aromatic heterocycles. The number of H-pyrrole nitrogens is 1. The third-order valence-corrected chi connectivity index (χ3v) is 6.47. The molecule has 1 aromatic carbocycles. The Hall–Kier alpha value is -3.32. The molecule has 162 valence electrons. The first-order chi connectivity index (χ1) is 15.7. The number of hydrogen-bond donors (Lipinski definition) is 4. The number of hydrogen-bond acceptors (Lipinski definition) is 8. The first-order valence-corrected chi connectivity index (χ1v) is 11.3. The molecule has 0 saturated heterocycles. The molecule has 32 heavy (non-hydrogen) atoms. The van der Waals surface area contributed by atoms with E-state index in [-0.39, 0.29) is 6.61 Å². The number of pyridine rings is 1. The van der Waals surface area contributed by atoms with Crippen LogP contribution in [0.3, 0.4) is 0 Å². The van der Waals surface area contributed by atoms with E-state index < -0.39 is 0 Å². The second kappa shape index (κ2) is 9.04. The predicted molar refractivity (Wildman–Crippen MR) is 123 cm³/mol. The van der Waals surface area contributed by atoms with Crippen LogP contribution in [0.4, 0.5) is 5.69 Å². The third kappa shape index (κ3) is 4.21. The van der Waals surface area contributed by atoms with Crippen molar-refractivity contribution in [3.63, 3.8) is 0 Å². The Morgan fingerprint density at radius 2 is 2.19 bits per heavy atom. The molecule has 0 aliphatic heterocycles. The first kappa shape index (κ1) is 20.6. The SMILES string of the molecule is N#Cc1cccc(SNC2CC(Nc3c(-c4nc(CCO)co4)cnc4[nH]ccc34)C2)c1. The van der Waals surface area contributed by atoms with Gasteiger partial charge in [-0.05, 0) is 49.1 Å². The van der Waals surface area contributed by atoms with Crippen molar-refractivity contribution in [3.8, 4) is 17.5 Å². The zero-order valence-corrected chi connectivity index (χ0v) is 18.0. The number of fused-ring (bicyclic) bond motifs is 1. The Bertz CT molecular complexity index is 1270. The number of aliphatic hydroxyl groups excluding tert-OH is 1. The number of aromatic amines is 1. The predicted octanol–water partition coefficient (Wildman–Crippen LogP) is 3.86. The topological polar surface area (TPSA) is 123 Å². The van der Waals surface area contributed by atoms with Crippen LogP contribution in [0.15, 0.2) is 58.3 Å². The van der Waals surface area contributed by atoms with Crippen molar-refractivity contribution in [2.75, 3.05) is 11.9 Å². The quantitative estimate of drug-likeness (QED) is 0.301. The van der Waals surface area contributed by atoms with E-state index in [2.05, 4.69) is 31.1 Å².